The molecule has 0 atom stereocenters. The largest absolute Gasteiger partial charge is 0.496 e. The number of thioether (sulfide) groups is 1. The highest BCUT2D eigenvalue weighted by atomic mass is 79.9. The lowest BCUT2D eigenvalue weighted by atomic mass is 10.1. The van der Waals surface area contributed by atoms with Crippen LogP contribution < -0.4 is 4.74 Å². The number of carbonyl (C=O) groups excluding carboxylic acids is 1. The van der Waals surface area contributed by atoms with Gasteiger partial charge in [0.15, 0.2) is 5.78 Å². The van der Waals surface area contributed by atoms with Gasteiger partial charge in [0.1, 0.15) is 5.75 Å². The van der Waals surface area contributed by atoms with Gasteiger partial charge in [-0.2, -0.15) is 0 Å². The Bertz CT molecular complexity index is 575. The lowest BCUT2D eigenvalue weighted by molar-refractivity contribution is 0.102. The second-order valence-electron chi connectivity index (χ2n) is 3.74. The highest BCUT2D eigenvalue weighted by molar-refractivity contribution is 9.10. The highest BCUT2D eigenvalue weighted by Gasteiger charge is 2.09. The predicted molar refractivity (Wildman–Crippen MR) is 80.0 cm³/mol. The molecule has 2 aromatic rings. The number of rotatable bonds is 5. The summed E-state index contributed by atoms with van der Waals surface area (Å²) in [6.07, 6.45) is 3.44. The number of methoxy groups -OCH3 is 1. The number of Topliss-reactive ketones (excluding diaryl/α,β-unsaturated/α-hetero) is 1. The minimum Gasteiger partial charge on any atom is -0.496 e. The van der Waals surface area contributed by atoms with Crippen LogP contribution in [0.2, 0.25) is 0 Å². The monoisotopic (exact) mass is 337 g/mol. The number of ketones is 1. The fourth-order valence-electron chi connectivity index (χ4n) is 1.51. The van der Waals surface area contributed by atoms with E-state index in [1.165, 1.54) is 11.8 Å². The van der Waals surface area contributed by atoms with E-state index in [4.69, 9.17) is 4.74 Å². The quantitative estimate of drug-likeness (QED) is 0.614. The maximum Gasteiger partial charge on any atom is 0.173 e. The van der Waals surface area contributed by atoms with Gasteiger partial charge in [-0.25, -0.2) is 0 Å². The maximum atomic E-state index is 12.1. The summed E-state index contributed by atoms with van der Waals surface area (Å²) in [5.74, 6) is 1.21. The van der Waals surface area contributed by atoms with Gasteiger partial charge in [-0.15, -0.1) is 11.8 Å². The number of ether oxygens (including phenoxy) is 1. The van der Waals surface area contributed by atoms with Crippen LogP contribution in [0.3, 0.4) is 0 Å². The third-order valence-electron chi connectivity index (χ3n) is 2.49. The normalized spacial score (nSPS) is 10.2. The first kappa shape index (κ1) is 14.1. The van der Waals surface area contributed by atoms with Crippen molar-refractivity contribution in [1.82, 2.24) is 4.98 Å². The molecule has 0 amide bonds. The Labute approximate surface area is 124 Å². The standard InChI is InChI=1S/C14H12BrNO2S/c1-18-14-3-2-10(8-12(14)15)13(17)9-19-11-4-6-16-7-5-11/h2-8H,9H2,1H3. The number of halogens is 1. The van der Waals surface area contributed by atoms with Gasteiger partial charge >= 0.3 is 0 Å². The summed E-state index contributed by atoms with van der Waals surface area (Å²) in [4.78, 5) is 17.1. The van der Waals surface area contributed by atoms with Crippen LogP contribution in [0.1, 0.15) is 10.4 Å². The van der Waals surface area contributed by atoms with Gasteiger partial charge < -0.3 is 4.74 Å². The molecule has 0 saturated carbocycles. The van der Waals surface area contributed by atoms with Crippen LogP contribution in [-0.4, -0.2) is 23.6 Å². The average Bonchev–Trinajstić information content (AvgIpc) is 2.45. The van der Waals surface area contributed by atoms with E-state index in [1.54, 1.807) is 37.7 Å². The summed E-state index contributed by atoms with van der Waals surface area (Å²) < 4.78 is 5.93. The molecule has 0 radical (unpaired) electrons. The van der Waals surface area contributed by atoms with Gasteiger partial charge in [0.2, 0.25) is 0 Å². The van der Waals surface area contributed by atoms with Gasteiger partial charge in [0.05, 0.1) is 17.3 Å². The van der Waals surface area contributed by atoms with Crippen molar-refractivity contribution in [2.75, 3.05) is 12.9 Å². The summed E-state index contributed by atoms with van der Waals surface area (Å²) in [6, 6.07) is 9.13. The van der Waals surface area contributed by atoms with Crippen LogP contribution in [0.5, 0.6) is 5.75 Å². The summed E-state index contributed by atoms with van der Waals surface area (Å²) >= 11 is 4.88. The van der Waals surface area contributed by atoms with Crippen LogP contribution >= 0.6 is 27.7 Å². The number of carbonyl (C=O) groups is 1. The number of aromatic nitrogens is 1. The fourth-order valence-corrected chi connectivity index (χ4v) is 2.83. The number of benzene rings is 1. The van der Waals surface area contributed by atoms with Gasteiger partial charge in [-0.3, -0.25) is 9.78 Å². The lowest BCUT2D eigenvalue weighted by Crippen LogP contribution is -2.02. The molecule has 0 aliphatic carbocycles. The van der Waals surface area contributed by atoms with E-state index in [1.807, 2.05) is 12.1 Å². The molecule has 3 nitrogen and oxygen atoms in total. The Hall–Kier alpha value is -1.33. The Kier molecular flexibility index (Phi) is 4.99. The SMILES string of the molecule is COc1ccc(C(=O)CSc2ccncc2)cc1Br. The third kappa shape index (κ3) is 3.81. The zero-order valence-electron chi connectivity index (χ0n) is 10.3. The molecular formula is C14H12BrNO2S. The lowest BCUT2D eigenvalue weighted by Gasteiger charge is -2.05. The molecule has 0 saturated heterocycles. The van der Waals surface area contributed by atoms with Crippen molar-refractivity contribution in [3.8, 4) is 5.75 Å². The number of hydrogen-bond acceptors (Lipinski definition) is 4. The van der Waals surface area contributed by atoms with E-state index < -0.39 is 0 Å². The second-order valence-corrected chi connectivity index (χ2v) is 5.65. The van der Waals surface area contributed by atoms with Gasteiger partial charge in [-0.05, 0) is 46.3 Å². The molecule has 0 fully saturated rings. The first-order chi connectivity index (χ1) is 9.20. The topological polar surface area (TPSA) is 39.2 Å². The van der Waals surface area contributed by atoms with Crippen molar-refractivity contribution in [3.05, 3.63) is 52.8 Å². The molecule has 1 aromatic heterocycles. The van der Waals surface area contributed by atoms with E-state index in [2.05, 4.69) is 20.9 Å². The number of hydrogen-bond donors (Lipinski definition) is 0. The minimum absolute atomic E-state index is 0.0881. The Morgan fingerprint density at radius 2 is 2.05 bits per heavy atom. The number of pyridine rings is 1. The molecule has 98 valence electrons. The van der Waals surface area contributed by atoms with Crippen molar-refractivity contribution >= 4 is 33.5 Å². The first-order valence-corrected chi connectivity index (χ1v) is 7.38. The summed E-state index contributed by atoms with van der Waals surface area (Å²) in [6.45, 7) is 0. The molecule has 2 rings (SSSR count). The van der Waals surface area contributed by atoms with Crippen molar-refractivity contribution in [3.63, 3.8) is 0 Å². The molecule has 0 N–H and O–H groups in total. The molecule has 5 heteroatoms. The Balaban J connectivity index is 2.02. The Morgan fingerprint density at radius 1 is 1.32 bits per heavy atom. The molecule has 0 spiro atoms. The molecule has 1 heterocycles. The van der Waals surface area contributed by atoms with Gasteiger partial charge in [0.25, 0.3) is 0 Å². The summed E-state index contributed by atoms with van der Waals surface area (Å²) in [7, 11) is 1.60. The minimum atomic E-state index is 0.0881. The molecule has 0 aliphatic rings. The average molecular weight is 338 g/mol. The zero-order chi connectivity index (χ0) is 13.7. The predicted octanol–water partition coefficient (Wildman–Crippen LogP) is 3.83. The van der Waals surface area contributed by atoms with E-state index in [-0.39, 0.29) is 5.78 Å². The van der Waals surface area contributed by atoms with Crippen LogP contribution in [0.25, 0.3) is 0 Å². The van der Waals surface area contributed by atoms with E-state index >= 15 is 0 Å². The number of nitrogens with zero attached hydrogens (tertiary/aromatic N) is 1. The van der Waals surface area contributed by atoms with E-state index in [9.17, 15) is 4.79 Å². The Morgan fingerprint density at radius 3 is 2.68 bits per heavy atom. The molecular weight excluding hydrogens is 326 g/mol. The van der Waals surface area contributed by atoms with Crippen molar-refractivity contribution < 1.29 is 9.53 Å². The van der Waals surface area contributed by atoms with Crippen LogP contribution in [0.4, 0.5) is 0 Å². The van der Waals surface area contributed by atoms with Crippen molar-refractivity contribution in [1.29, 1.82) is 0 Å². The van der Waals surface area contributed by atoms with Crippen LogP contribution in [0, 0.1) is 0 Å². The van der Waals surface area contributed by atoms with Crippen LogP contribution in [-0.2, 0) is 0 Å². The fraction of sp³-hybridized carbons (Fsp3) is 0.143. The van der Waals surface area contributed by atoms with Crippen molar-refractivity contribution in [2.24, 2.45) is 0 Å². The molecule has 19 heavy (non-hydrogen) atoms. The summed E-state index contributed by atoms with van der Waals surface area (Å²) in [5, 5.41) is 0. The molecule has 1 aromatic carbocycles. The molecule has 0 unspecified atom stereocenters. The van der Waals surface area contributed by atoms with E-state index in [0.717, 1.165) is 15.1 Å². The van der Waals surface area contributed by atoms with E-state index in [0.29, 0.717) is 11.3 Å². The van der Waals surface area contributed by atoms with Crippen molar-refractivity contribution in [2.45, 2.75) is 4.90 Å². The summed E-state index contributed by atoms with van der Waals surface area (Å²) in [5.41, 5.74) is 0.675. The smallest absolute Gasteiger partial charge is 0.173 e. The maximum absolute atomic E-state index is 12.1. The third-order valence-corrected chi connectivity index (χ3v) is 4.13. The first-order valence-electron chi connectivity index (χ1n) is 5.60. The highest BCUT2D eigenvalue weighted by Crippen LogP contribution is 2.26. The molecule has 0 aliphatic heterocycles. The van der Waals surface area contributed by atoms with Gasteiger partial charge in [-0.1, -0.05) is 0 Å². The van der Waals surface area contributed by atoms with Gasteiger partial charge in [0, 0.05) is 22.9 Å². The second kappa shape index (κ2) is 6.73. The zero-order valence-corrected chi connectivity index (χ0v) is 12.7. The molecule has 0 bridgehead atoms. The van der Waals surface area contributed by atoms with Crippen LogP contribution in [0.15, 0.2) is 52.1 Å².